The quantitative estimate of drug-likeness (QED) is 0.134. The van der Waals surface area contributed by atoms with Gasteiger partial charge in [-0.1, -0.05) is 24.3 Å². The van der Waals surface area contributed by atoms with Crippen molar-refractivity contribution in [3.8, 4) is 22.8 Å². The van der Waals surface area contributed by atoms with Crippen molar-refractivity contribution in [2.75, 3.05) is 57.3 Å². The zero-order chi connectivity index (χ0) is 43.6. The number of likely N-dealkylation sites (tertiary alicyclic amines) is 1. The number of hydrogen-bond donors (Lipinski definition) is 2. The van der Waals surface area contributed by atoms with Crippen molar-refractivity contribution in [3.05, 3.63) is 90.3 Å². The summed E-state index contributed by atoms with van der Waals surface area (Å²) in [5, 5.41) is 7.92. The topological polar surface area (TPSA) is 206 Å². The number of ether oxygens (including phenoxy) is 1. The van der Waals surface area contributed by atoms with E-state index in [0.29, 0.717) is 85.3 Å². The van der Waals surface area contributed by atoms with Gasteiger partial charge in [-0.25, -0.2) is 14.6 Å². The molecule has 63 heavy (non-hydrogen) atoms. The highest BCUT2D eigenvalue weighted by Crippen LogP contribution is 2.36. The normalized spacial score (nSPS) is 19.4. The Bertz CT molecular complexity index is 2600. The lowest BCUT2D eigenvalue weighted by Gasteiger charge is -2.35. The van der Waals surface area contributed by atoms with Crippen LogP contribution in [0.4, 0.5) is 5.82 Å². The molecule has 18 heteroatoms. The fourth-order valence-electron chi connectivity index (χ4n) is 8.81. The monoisotopic (exact) mass is 870 g/mol. The Kier molecular flexibility index (Phi) is 11.9. The third kappa shape index (κ3) is 8.60. The van der Waals surface area contributed by atoms with E-state index in [-0.39, 0.29) is 47.6 Å². The molecule has 0 radical (unpaired) electrons. The first kappa shape index (κ1) is 41.7. The summed E-state index contributed by atoms with van der Waals surface area (Å²) in [5.74, 6) is -0.408. The second-order valence-corrected chi connectivity index (χ2v) is 17.1. The van der Waals surface area contributed by atoms with Gasteiger partial charge in [-0.2, -0.15) is 5.10 Å². The van der Waals surface area contributed by atoms with E-state index >= 15 is 0 Å². The van der Waals surface area contributed by atoms with E-state index < -0.39 is 29.7 Å². The van der Waals surface area contributed by atoms with Gasteiger partial charge in [0.2, 0.25) is 23.6 Å². The van der Waals surface area contributed by atoms with Crippen LogP contribution in [0, 0.1) is 0 Å². The lowest BCUT2D eigenvalue weighted by Crippen LogP contribution is -2.54. The molecule has 5 aromatic rings. The van der Waals surface area contributed by atoms with Crippen LogP contribution in [-0.4, -0.2) is 132 Å². The van der Waals surface area contributed by atoms with E-state index in [2.05, 4.69) is 20.2 Å². The number of nitrogen functional groups attached to an aromatic ring is 1. The number of nitrogens with two attached hydrogens (primary N) is 1. The molecule has 3 N–H and O–H groups in total. The van der Waals surface area contributed by atoms with Crippen LogP contribution in [0.5, 0.6) is 11.5 Å². The Balaban J connectivity index is 0.750. The summed E-state index contributed by atoms with van der Waals surface area (Å²) in [6, 6.07) is 21.0. The molecular formula is C45H46N10O7S. The minimum atomic E-state index is -1.06. The number of amides is 6. The van der Waals surface area contributed by atoms with Crippen LogP contribution in [0.1, 0.15) is 65.3 Å². The van der Waals surface area contributed by atoms with Gasteiger partial charge >= 0.3 is 0 Å². The maximum Gasteiger partial charge on any atom is 0.263 e. The molecule has 1 unspecified atom stereocenters. The number of aromatic nitrogens is 4. The minimum Gasteiger partial charge on any atom is -0.457 e. The summed E-state index contributed by atoms with van der Waals surface area (Å²) in [4.78, 5) is 94.0. The average molecular weight is 871 g/mol. The molecular weight excluding hydrogens is 825 g/mol. The zero-order valence-electron chi connectivity index (χ0n) is 34.5. The van der Waals surface area contributed by atoms with Crippen molar-refractivity contribution < 1.29 is 33.5 Å². The predicted octanol–water partition coefficient (Wildman–Crippen LogP) is 4.15. The number of nitrogens with one attached hydrogen (secondary N) is 1. The van der Waals surface area contributed by atoms with E-state index in [1.807, 2.05) is 64.2 Å². The number of fused-ring (bicyclic) bond motifs is 2. The summed E-state index contributed by atoms with van der Waals surface area (Å²) in [6.07, 6.45) is 4.31. The number of piperazine rings is 1. The first-order valence-electron chi connectivity index (χ1n) is 21.2. The van der Waals surface area contributed by atoms with Gasteiger partial charge in [-0.05, 0) is 80.8 Å². The molecule has 324 valence electrons. The molecule has 6 heterocycles. The lowest BCUT2D eigenvalue weighted by atomic mass is 10.0. The van der Waals surface area contributed by atoms with Crippen molar-refractivity contribution in [2.45, 2.75) is 55.5 Å². The van der Waals surface area contributed by atoms with Crippen LogP contribution in [0.15, 0.2) is 84.0 Å². The molecule has 2 aromatic heterocycles. The summed E-state index contributed by atoms with van der Waals surface area (Å²) in [5.41, 5.74) is 8.94. The van der Waals surface area contributed by atoms with Gasteiger partial charge in [-0.15, -0.1) is 11.8 Å². The van der Waals surface area contributed by atoms with Gasteiger partial charge in [0.15, 0.2) is 5.65 Å². The molecule has 6 amide bonds. The van der Waals surface area contributed by atoms with Gasteiger partial charge < -0.3 is 20.3 Å². The van der Waals surface area contributed by atoms with Crippen molar-refractivity contribution in [1.29, 1.82) is 0 Å². The zero-order valence-corrected chi connectivity index (χ0v) is 35.3. The van der Waals surface area contributed by atoms with E-state index in [1.54, 1.807) is 23.1 Å². The molecule has 2 atom stereocenters. The molecule has 3 aromatic carbocycles. The minimum absolute atomic E-state index is 0.0371. The number of imide groups is 2. The molecule has 3 fully saturated rings. The lowest BCUT2D eigenvalue weighted by molar-refractivity contribution is -0.136. The fraction of sp³-hybridized carbons (Fsp3) is 0.356. The summed E-state index contributed by atoms with van der Waals surface area (Å²) in [7, 11) is 0. The van der Waals surface area contributed by atoms with Crippen LogP contribution in [0.3, 0.4) is 0 Å². The fourth-order valence-corrected chi connectivity index (χ4v) is 9.78. The Hall–Kier alpha value is -6.66. The van der Waals surface area contributed by atoms with E-state index in [1.165, 1.54) is 18.1 Å². The van der Waals surface area contributed by atoms with Crippen molar-refractivity contribution >= 4 is 64.1 Å². The number of anilines is 1. The van der Waals surface area contributed by atoms with Crippen molar-refractivity contribution in [1.82, 2.24) is 44.7 Å². The largest absolute Gasteiger partial charge is 0.457 e. The predicted molar refractivity (Wildman–Crippen MR) is 233 cm³/mol. The van der Waals surface area contributed by atoms with Gasteiger partial charge in [0.1, 0.15) is 35.4 Å². The second kappa shape index (κ2) is 18.0. The van der Waals surface area contributed by atoms with Gasteiger partial charge in [0, 0.05) is 62.6 Å². The molecule has 0 bridgehead atoms. The highest BCUT2D eigenvalue weighted by Gasteiger charge is 2.45. The number of rotatable bonds is 12. The number of carbonyl (C=O) groups is 6. The maximum absolute atomic E-state index is 13.6. The number of nitrogens with zero attached hydrogens (tertiary/aromatic N) is 8. The SMILES string of the molecule is Nc1ncnc2c1c(-c1ccc(Oc3ccccc3)cc1)nn2[C@@H]1CCCN(C(=O)CCCN2CCN(C(=O)CSc3cccc4c3C(=O)N(C3CCC(=O)NC3=O)C4=O)CC2)C1. The smallest absolute Gasteiger partial charge is 0.263 e. The first-order chi connectivity index (χ1) is 30.6. The summed E-state index contributed by atoms with van der Waals surface area (Å²) in [6.45, 7) is 4.34. The third-order valence-corrected chi connectivity index (χ3v) is 13.1. The second-order valence-electron chi connectivity index (χ2n) is 16.1. The van der Waals surface area contributed by atoms with Crippen LogP contribution >= 0.6 is 11.8 Å². The Morgan fingerprint density at radius 3 is 2.38 bits per heavy atom. The maximum atomic E-state index is 13.6. The number of thioether (sulfide) groups is 1. The van der Waals surface area contributed by atoms with Gasteiger partial charge in [0.25, 0.3) is 11.8 Å². The van der Waals surface area contributed by atoms with Crippen molar-refractivity contribution in [3.63, 3.8) is 0 Å². The van der Waals surface area contributed by atoms with Gasteiger partial charge in [0.05, 0.1) is 28.3 Å². The van der Waals surface area contributed by atoms with E-state index in [0.717, 1.165) is 35.6 Å². The molecule has 4 aliphatic heterocycles. The number of benzene rings is 3. The highest BCUT2D eigenvalue weighted by molar-refractivity contribution is 8.00. The van der Waals surface area contributed by atoms with E-state index in [9.17, 15) is 28.8 Å². The van der Waals surface area contributed by atoms with Gasteiger partial charge in [-0.3, -0.25) is 43.9 Å². The molecule has 0 aliphatic carbocycles. The molecule has 17 nitrogen and oxygen atoms in total. The highest BCUT2D eigenvalue weighted by atomic mass is 32.2. The van der Waals surface area contributed by atoms with Crippen LogP contribution in [-0.2, 0) is 19.2 Å². The standard InChI is InChI=1S/C45H46N10O7S/c46-41-39-40(28-13-15-31(16-14-28)62-30-8-2-1-3-9-30)50-55(42(39)48-27-47-41)29-7-5-20-53(25-29)36(57)12-6-19-51-21-23-52(24-22-51)37(58)26-63-34-11-4-10-32-38(34)45(61)54(44(32)60)33-17-18-35(56)49-43(33)59/h1-4,8-11,13-16,27,29,33H,5-7,12,17-26H2,(H2,46,47,48)(H,49,56,59)/t29-,33?/m1/s1. The Morgan fingerprint density at radius 1 is 0.825 bits per heavy atom. The Labute approximate surface area is 366 Å². The molecule has 0 spiro atoms. The van der Waals surface area contributed by atoms with Crippen LogP contribution < -0.4 is 15.8 Å². The molecule has 9 rings (SSSR count). The van der Waals surface area contributed by atoms with Crippen molar-refractivity contribution in [2.24, 2.45) is 0 Å². The average Bonchev–Trinajstić information content (AvgIpc) is 3.82. The van der Waals surface area contributed by atoms with Crippen LogP contribution in [0.25, 0.3) is 22.3 Å². The van der Waals surface area contributed by atoms with Crippen LogP contribution in [0.2, 0.25) is 0 Å². The first-order valence-corrected chi connectivity index (χ1v) is 22.2. The van der Waals surface area contributed by atoms with E-state index in [4.69, 9.17) is 15.6 Å². The molecule has 3 saturated heterocycles. The Morgan fingerprint density at radius 2 is 1.60 bits per heavy atom. The molecule has 4 aliphatic rings. The number of carbonyl (C=O) groups excluding carboxylic acids is 6. The summed E-state index contributed by atoms with van der Waals surface area (Å²) < 4.78 is 7.89. The molecule has 0 saturated carbocycles. The number of para-hydroxylation sites is 1. The number of piperidine rings is 2. The third-order valence-electron chi connectivity index (χ3n) is 12.1. The summed E-state index contributed by atoms with van der Waals surface area (Å²) >= 11 is 1.19. The number of hydrogen-bond acceptors (Lipinski definition) is 13.